The Morgan fingerprint density at radius 3 is 2.27 bits per heavy atom. The molecule has 0 aliphatic carbocycles. The van der Waals surface area contributed by atoms with Gasteiger partial charge in [0.2, 0.25) is 15.9 Å². The summed E-state index contributed by atoms with van der Waals surface area (Å²) in [5.41, 5.74) is 2.71. The van der Waals surface area contributed by atoms with E-state index in [0.29, 0.717) is 11.3 Å². The van der Waals surface area contributed by atoms with Gasteiger partial charge in [-0.2, -0.15) is 5.26 Å². The number of rotatable bonds is 6. The van der Waals surface area contributed by atoms with Crippen LogP contribution in [0.15, 0.2) is 54.6 Å². The second-order valence-corrected chi connectivity index (χ2v) is 7.54. The molecular weight excluding hydrogens is 350 g/mol. The molecule has 0 aliphatic heterocycles. The van der Waals surface area contributed by atoms with E-state index < -0.39 is 10.0 Å². The normalized spacial score (nSPS) is 12.3. The van der Waals surface area contributed by atoms with Gasteiger partial charge < -0.3 is 5.32 Å². The third-order valence-electron chi connectivity index (χ3n) is 3.54. The first-order valence-electron chi connectivity index (χ1n) is 7.83. The molecule has 0 spiro atoms. The molecule has 1 unspecified atom stereocenters. The Balaban J connectivity index is 1.95. The maximum absolute atomic E-state index is 12.0. The monoisotopic (exact) mass is 369 g/mol. The first-order valence-corrected chi connectivity index (χ1v) is 9.72. The van der Waals surface area contributed by atoms with E-state index in [-0.39, 0.29) is 11.9 Å². The number of sulfonamides is 1. The lowest BCUT2D eigenvalue weighted by atomic mass is 10.1. The van der Waals surface area contributed by atoms with E-state index in [4.69, 9.17) is 5.26 Å². The average Bonchev–Trinajstić information content (AvgIpc) is 2.60. The first kappa shape index (κ1) is 19.2. The van der Waals surface area contributed by atoms with Crippen molar-refractivity contribution >= 4 is 27.7 Å². The van der Waals surface area contributed by atoms with Gasteiger partial charge in [-0.15, -0.1) is 0 Å². The average molecular weight is 369 g/mol. The Morgan fingerprint density at radius 2 is 1.73 bits per heavy atom. The highest BCUT2D eigenvalue weighted by molar-refractivity contribution is 7.92. The van der Waals surface area contributed by atoms with Crippen LogP contribution in [0.1, 0.15) is 29.7 Å². The summed E-state index contributed by atoms with van der Waals surface area (Å²) in [4.78, 5) is 12.0. The number of hydrogen-bond acceptors (Lipinski definition) is 4. The third-order valence-corrected chi connectivity index (χ3v) is 4.15. The van der Waals surface area contributed by atoms with Crippen molar-refractivity contribution in [2.45, 2.75) is 13.0 Å². The molecule has 0 radical (unpaired) electrons. The summed E-state index contributed by atoms with van der Waals surface area (Å²) in [7, 11) is -3.31. The smallest absolute Gasteiger partial charge is 0.244 e. The van der Waals surface area contributed by atoms with Crippen molar-refractivity contribution in [3.8, 4) is 6.07 Å². The highest BCUT2D eigenvalue weighted by atomic mass is 32.2. The third kappa shape index (κ3) is 6.07. The number of nitriles is 1. The molecule has 1 atom stereocenters. The molecule has 0 saturated heterocycles. The summed E-state index contributed by atoms with van der Waals surface area (Å²) in [6.45, 7) is 1.86. The zero-order valence-electron chi connectivity index (χ0n) is 14.4. The van der Waals surface area contributed by atoms with Crippen LogP contribution in [0.3, 0.4) is 0 Å². The fraction of sp³-hybridized carbons (Fsp3) is 0.158. The largest absolute Gasteiger partial charge is 0.346 e. The Morgan fingerprint density at radius 1 is 1.12 bits per heavy atom. The number of hydrogen-bond donors (Lipinski definition) is 2. The minimum atomic E-state index is -3.31. The molecule has 26 heavy (non-hydrogen) atoms. The van der Waals surface area contributed by atoms with Crippen LogP contribution in [0, 0.1) is 11.3 Å². The number of benzene rings is 2. The van der Waals surface area contributed by atoms with Crippen molar-refractivity contribution in [3.63, 3.8) is 0 Å². The van der Waals surface area contributed by atoms with E-state index in [2.05, 4.69) is 16.1 Å². The van der Waals surface area contributed by atoms with Gasteiger partial charge in [0.25, 0.3) is 0 Å². The van der Waals surface area contributed by atoms with Crippen LogP contribution in [-0.2, 0) is 14.8 Å². The van der Waals surface area contributed by atoms with Gasteiger partial charge in [-0.05, 0) is 48.4 Å². The second-order valence-electron chi connectivity index (χ2n) is 5.79. The molecule has 134 valence electrons. The summed E-state index contributed by atoms with van der Waals surface area (Å²) in [6, 6.07) is 15.6. The number of carbonyl (C=O) groups is 1. The topological polar surface area (TPSA) is 99.1 Å². The lowest BCUT2D eigenvalue weighted by molar-refractivity contribution is -0.117. The van der Waals surface area contributed by atoms with Gasteiger partial charge in [-0.1, -0.05) is 24.3 Å². The standard InChI is InChI=1S/C19H19N3O3S/c1-14(17-8-3-16(13-20)4-9-17)21-19(23)12-7-15-5-10-18(11-6-15)22-26(2,24)25/h3-12,14,22H,1-2H3,(H,21,23)/b12-7+. The molecule has 7 heteroatoms. The van der Waals surface area contributed by atoms with E-state index >= 15 is 0 Å². The van der Waals surface area contributed by atoms with E-state index in [1.165, 1.54) is 6.08 Å². The number of amides is 1. The predicted molar refractivity (Wildman–Crippen MR) is 102 cm³/mol. The van der Waals surface area contributed by atoms with Crippen molar-refractivity contribution in [1.29, 1.82) is 5.26 Å². The SMILES string of the molecule is CC(NC(=O)/C=C/c1ccc(NS(C)(=O)=O)cc1)c1ccc(C#N)cc1. The predicted octanol–water partition coefficient (Wildman–Crippen LogP) is 2.82. The molecule has 0 heterocycles. The minimum Gasteiger partial charge on any atom is -0.346 e. The van der Waals surface area contributed by atoms with E-state index in [0.717, 1.165) is 17.4 Å². The molecule has 0 saturated carbocycles. The number of anilines is 1. The Kier molecular flexibility index (Phi) is 6.15. The molecule has 1 amide bonds. The summed E-state index contributed by atoms with van der Waals surface area (Å²) in [5.74, 6) is -0.250. The molecule has 2 N–H and O–H groups in total. The fourth-order valence-corrected chi connectivity index (χ4v) is 2.80. The van der Waals surface area contributed by atoms with Gasteiger partial charge in [0.05, 0.1) is 23.9 Å². The number of nitrogens with one attached hydrogen (secondary N) is 2. The van der Waals surface area contributed by atoms with Crippen LogP contribution >= 0.6 is 0 Å². The van der Waals surface area contributed by atoms with E-state index in [1.807, 2.05) is 6.92 Å². The van der Waals surface area contributed by atoms with Crippen molar-refractivity contribution in [3.05, 3.63) is 71.3 Å². The van der Waals surface area contributed by atoms with Crippen molar-refractivity contribution in [2.75, 3.05) is 11.0 Å². The van der Waals surface area contributed by atoms with Crippen LogP contribution in [0.25, 0.3) is 6.08 Å². The van der Waals surface area contributed by atoms with Gasteiger partial charge in [0.1, 0.15) is 0 Å². The fourth-order valence-electron chi connectivity index (χ4n) is 2.24. The van der Waals surface area contributed by atoms with Crippen LogP contribution in [0.4, 0.5) is 5.69 Å². The number of carbonyl (C=O) groups excluding carboxylic acids is 1. The van der Waals surface area contributed by atoms with Crippen LogP contribution < -0.4 is 10.0 Å². The summed E-state index contributed by atoms with van der Waals surface area (Å²) < 4.78 is 24.7. The lowest BCUT2D eigenvalue weighted by Gasteiger charge is -2.12. The first-order chi connectivity index (χ1) is 12.3. The minimum absolute atomic E-state index is 0.193. The maximum Gasteiger partial charge on any atom is 0.244 e. The maximum atomic E-state index is 12.0. The Hall–Kier alpha value is -3.11. The molecule has 2 aromatic rings. The zero-order valence-corrected chi connectivity index (χ0v) is 15.2. The molecule has 0 aromatic heterocycles. The van der Waals surface area contributed by atoms with Gasteiger partial charge in [-0.3, -0.25) is 9.52 Å². The summed E-state index contributed by atoms with van der Waals surface area (Å²) >= 11 is 0. The van der Waals surface area contributed by atoms with E-state index in [9.17, 15) is 13.2 Å². The molecule has 2 aromatic carbocycles. The molecule has 2 rings (SSSR count). The lowest BCUT2D eigenvalue weighted by Crippen LogP contribution is -2.24. The molecule has 6 nitrogen and oxygen atoms in total. The van der Waals surface area contributed by atoms with Gasteiger partial charge in [-0.25, -0.2) is 8.42 Å². The Bertz CT molecular complexity index is 941. The van der Waals surface area contributed by atoms with Crippen molar-refractivity contribution in [1.82, 2.24) is 5.32 Å². The molecule has 0 fully saturated rings. The summed E-state index contributed by atoms with van der Waals surface area (Å²) in [6.07, 6.45) is 4.14. The van der Waals surface area contributed by atoms with Crippen molar-refractivity contribution < 1.29 is 13.2 Å². The van der Waals surface area contributed by atoms with Crippen LogP contribution in [-0.4, -0.2) is 20.6 Å². The molecule has 0 aliphatic rings. The molecule has 0 bridgehead atoms. The van der Waals surface area contributed by atoms with Crippen LogP contribution in [0.5, 0.6) is 0 Å². The zero-order chi connectivity index (χ0) is 19.2. The number of nitrogens with zero attached hydrogens (tertiary/aromatic N) is 1. The second kappa shape index (κ2) is 8.32. The van der Waals surface area contributed by atoms with Gasteiger partial charge in [0.15, 0.2) is 0 Å². The molecular formula is C19H19N3O3S. The van der Waals surface area contributed by atoms with Gasteiger partial charge >= 0.3 is 0 Å². The Labute approximate surface area is 153 Å². The van der Waals surface area contributed by atoms with Gasteiger partial charge in [0, 0.05) is 11.8 Å². The van der Waals surface area contributed by atoms with E-state index in [1.54, 1.807) is 54.6 Å². The quantitative estimate of drug-likeness (QED) is 0.765. The highest BCUT2D eigenvalue weighted by Gasteiger charge is 2.07. The summed E-state index contributed by atoms with van der Waals surface area (Å²) in [5, 5.41) is 11.6. The highest BCUT2D eigenvalue weighted by Crippen LogP contribution is 2.14. The van der Waals surface area contributed by atoms with Crippen LogP contribution in [0.2, 0.25) is 0 Å². The van der Waals surface area contributed by atoms with Crippen molar-refractivity contribution in [2.24, 2.45) is 0 Å².